The number of anilines is 1. The Labute approximate surface area is 113 Å². The second-order valence-electron chi connectivity index (χ2n) is 4.52. The van der Waals surface area contributed by atoms with Crippen molar-refractivity contribution in [1.82, 2.24) is 9.97 Å². The molecule has 1 heterocycles. The molecule has 18 heavy (non-hydrogen) atoms. The van der Waals surface area contributed by atoms with Crippen LogP contribution in [0, 0.1) is 0 Å². The smallest absolute Gasteiger partial charge is 0.226 e. The lowest BCUT2D eigenvalue weighted by atomic mass is 9.95. The molecule has 1 saturated carbocycles. The van der Waals surface area contributed by atoms with Gasteiger partial charge in [-0.05, 0) is 32.4 Å². The van der Waals surface area contributed by atoms with E-state index in [1.54, 1.807) is 12.3 Å². The van der Waals surface area contributed by atoms with E-state index in [1.807, 2.05) is 18.7 Å². The van der Waals surface area contributed by atoms with Crippen molar-refractivity contribution in [2.45, 2.75) is 43.9 Å². The van der Waals surface area contributed by atoms with E-state index in [0.29, 0.717) is 24.5 Å². The molecule has 0 aliphatic heterocycles. The quantitative estimate of drug-likeness (QED) is 0.888. The average molecular weight is 267 g/mol. The minimum atomic E-state index is 0.494. The first kappa shape index (κ1) is 13.5. The maximum Gasteiger partial charge on any atom is 0.226 e. The summed E-state index contributed by atoms with van der Waals surface area (Å²) in [5, 5.41) is 4.20. The standard InChI is InChI=1S/C13H21N3OS/c1-3-17-12-7-8-14-13(16-12)15-10-5-4-6-11(9-10)18-2/h7-8,10-11H,3-6,9H2,1-2H3,(H,14,15,16). The molecule has 100 valence electrons. The van der Waals surface area contributed by atoms with Gasteiger partial charge in [0.15, 0.2) is 0 Å². The van der Waals surface area contributed by atoms with Crippen molar-refractivity contribution in [2.24, 2.45) is 0 Å². The van der Waals surface area contributed by atoms with Gasteiger partial charge in [0.25, 0.3) is 0 Å². The minimum absolute atomic E-state index is 0.494. The van der Waals surface area contributed by atoms with Crippen LogP contribution in [0.25, 0.3) is 0 Å². The van der Waals surface area contributed by atoms with Crippen molar-refractivity contribution in [2.75, 3.05) is 18.2 Å². The number of nitrogens with zero attached hydrogens (tertiary/aromatic N) is 2. The van der Waals surface area contributed by atoms with Crippen LogP contribution in [-0.4, -0.2) is 34.1 Å². The van der Waals surface area contributed by atoms with E-state index < -0.39 is 0 Å². The number of aromatic nitrogens is 2. The number of rotatable bonds is 5. The van der Waals surface area contributed by atoms with E-state index in [9.17, 15) is 0 Å². The minimum Gasteiger partial charge on any atom is -0.478 e. The van der Waals surface area contributed by atoms with E-state index >= 15 is 0 Å². The predicted octanol–water partition coefficient (Wildman–Crippen LogP) is 2.96. The average Bonchev–Trinajstić information content (AvgIpc) is 2.40. The van der Waals surface area contributed by atoms with Crippen molar-refractivity contribution in [3.8, 4) is 5.88 Å². The van der Waals surface area contributed by atoms with Gasteiger partial charge in [-0.3, -0.25) is 0 Å². The number of ether oxygens (including phenoxy) is 1. The lowest BCUT2D eigenvalue weighted by Crippen LogP contribution is -2.29. The van der Waals surface area contributed by atoms with Gasteiger partial charge >= 0.3 is 0 Å². The van der Waals surface area contributed by atoms with Gasteiger partial charge in [-0.1, -0.05) is 6.42 Å². The molecule has 0 saturated heterocycles. The molecule has 1 aromatic rings. The zero-order valence-corrected chi connectivity index (χ0v) is 11.9. The molecule has 5 heteroatoms. The molecule has 4 nitrogen and oxygen atoms in total. The van der Waals surface area contributed by atoms with Gasteiger partial charge in [-0.2, -0.15) is 16.7 Å². The summed E-state index contributed by atoms with van der Waals surface area (Å²) in [7, 11) is 0. The molecule has 1 fully saturated rings. The fourth-order valence-corrected chi connectivity index (χ4v) is 3.14. The lowest BCUT2D eigenvalue weighted by molar-refractivity contribution is 0.326. The first-order valence-corrected chi connectivity index (χ1v) is 7.85. The number of hydrogen-bond donors (Lipinski definition) is 1. The Morgan fingerprint density at radius 3 is 3.17 bits per heavy atom. The van der Waals surface area contributed by atoms with E-state index in [4.69, 9.17) is 4.74 Å². The molecule has 1 N–H and O–H groups in total. The molecule has 1 aliphatic carbocycles. The molecular weight excluding hydrogens is 246 g/mol. The maximum absolute atomic E-state index is 5.38. The predicted molar refractivity (Wildman–Crippen MR) is 76.4 cm³/mol. The Kier molecular flexibility index (Phi) is 5.11. The first-order chi connectivity index (χ1) is 8.81. The Morgan fingerprint density at radius 1 is 1.50 bits per heavy atom. The number of hydrogen-bond acceptors (Lipinski definition) is 5. The van der Waals surface area contributed by atoms with Gasteiger partial charge in [-0.25, -0.2) is 4.98 Å². The Hall–Kier alpha value is -0.970. The van der Waals surface area contributed by atoms with Gasteiger partial charge in [-0.15, -0.1) is 0 Å². The summed E-state index contributed by atoms with van der Waals surface area (Å²) in [4.78, 5) is 8.61. The zero-order valence-electron chi connectivity index (χ0n) is 11.1. The summed E-state index contributed by atoms with van der Waals surface area (Å²) in [5.74, 6) is 1.33. The highest BCUT2D eigenvalue weighted by Gasteiger charge is 2.21. The summed E-state index contributed by atoms with van der Waals surface area (Å²) in [6, 6.07) is 2.29. The Bertz CT molecular complexity index is 375. The highest BCUT2D eigenvalue weighted by Crippen LogP contribution is 2.28. The third kappa shape index (κ3) is 3.77. The van der Waals surface area contributed by atoms with Gasteiger partial charge in [0.2, 0.25) is 11.8 Å². The van der Waals surface area contributed by atoms with Crippen molar-refractivity contribution in [1.29, 1.82) is 0 Å². The molecule has 2 rings (SSSR count). The van der Waals surface area contributed by atoms with Crippen LogP contribution in [0.15, 0.2) is 12.3 Å². The molecule has 2 unspecified atom stereocenters. The van der Waals surface area contributed by atoms with Crippen LogP contribution in [0.4, 0.5) is 5.95 Å². The van der Waals surface area contributed by atoms with Gasteiger partial charge in [0.1, 0.15) is 0 Å². The Balaban J connectivity index is 1.93. The second kappa shape index (κ2) is 6.83. The van der Waals surface area contributed by atoms with Crippen LogP contribution in [0.1, 0.15) is 32.6 Å². The molecule has 0 radical (unpaired) electrons. The highest BCUT2D eigenvalue weighted by atomic mass is 32.2. The van der Waals surface area contributed by atoms with Crippen LogP contribution >= 0.6 is 11.8 Å². The molecule has 2 atom stereocenters. The monoisotopic (exact) mass is 267 g/mol. The second-order valence-corrected chi connectivity index (χ2v) is 5.66. The fourth-order valence-electron chi connectivity index (χ4n) is 2.31. The molecule has 0 aromatic carbocycles. The summed E-state index contributed by atoms with van der Waals surface area (Å²) in [5.41, 5.74) is 0. The van der Waals surface area contributed by atoms with Crippen molar-refractivity contribution in [3.63, 3.8) is 0 Å². The molecule has 0 amide bonds. The maximum atomic E-state index is 5.38. The summed E-state index contributed by atoms with van der Waals surface area (Å²) < 4.78 is 5.38. The van der Waals surface area contributed by atoms with Crippen LogP contribution in [0.2, 0.25) is 0 Å². The fraction of sp³-hybridized carbons (Fsp3) is 0.692. The van der Waals surface area contributed by atoms with E-state index in [1.165, 1.54) is 25.7 Å². The lowest BCUT2D eigenvalue weighted by Gasteiger charge is -2.28. The van der Waals surface area contributed by atoms with Crippen LogP contribution < -0.4 is 10.1 Å². The van der Waals surface area contributed by atoms with E-state index in [-0.39, 0.29) is 0 Å². The number of thioether (sulfide) groups is 1. The zero-order chi connectivity index (χ0) is 12.8. The first-order valence-electron chi connectivity index (χ1n) is 6.57. The van der Waals surface area contributed by atoms with Crippen LogP contribution in [0.3, 0.4) is 0 Å². The third-order valence-corrected chi connectivity index (χ3v) is 4.31. The largest absolute Gasteiger partial charge is 0.478 e. The summed E-state index contributed by atoms with van der Waals surface area (Å²) in [6.07, 6.45) is 8.96. The molecule has 1 aliphatic rings. The number of nitrogens with one attached hydrogen (secondary N) is 1. The molecular formula is C13H21N3OS. The summed E-state index contributed by atoms with van der Waals surface area (Å²) >= 11 is 1.97. The van der Waals surface area contributed by atoms with Crippen LogP contribution in [0.5, 0.6) is 5.88 Å². The van der Waals surface area contributed by atoms with Gasteiger partial charge < -0.3 is 10.1 Å². The molecule has 0 spiro atoms. The third-order valence-electron chi connectivity index (χ3n) is 3.21. The SMILES string of the molecule is CCOc1ccnc(NC2CCCC(SC)C2)n1. The van der Waals surface area contributed by atoms with Crippen molar-refractivity contribution >= 4 is 17.7 Å². The Morgan fingerprint density at radius 2 is 2.39 bits per heavy atom. The molecule has 1 aromatic heterocycles. The van der Waals surface area contributed by atoms with Gasteiger partial charge in [0.05, 0.1) is 6.61 Å². The van der Waals surface area contributed by atoms with Crippen molar-refractivity contribution < 1.29 is 4.74 Å². The van der Waals surface area contributed by atoms with E-state index in [2.05, 4.69) is 21.5 Å². The molecule has 0 bridgehead atoms. The van der Waals surface area contributed by atoms with E-state index in [0.717, 1.165) is 5.25 Å². The normalized spacial score (nSPS) is 23.7. The highest BCUT2D eigenvalue weighted by molar-refractivity contribution is 7.99. The topological polar surface area (TPSA) is 47.0 Å². The summed E-state index contributed by atoms with van der Waals surface area (Å²) in [6.45, 7) is 2.59. The van der Waals surface area contributed by atoms with Crippen LogP contribution in [-0.2, 0) is 0 Å². The van der Waals surface area contributed by atoms with Gasteiger partial charge in [0, 0.05) is 23.6 Å². The van der Waals surface area contributed by atoms with Crippen molar-refractivity contribution in [3.05, 3.63) is 12.3 Å².